The predicted octanol–water partition coefficient (Wildman–Crippen LogP) is 1.13. The van der Waals surface area contributed by atoms with Gasteiger partial charge in [-0.05, 0) is 31.7 Å². The summed E-state index contributed by atoms with van der Waals surface area (Å²) in [6, 6.07) is 8.54. The molecule has 184 valence electrons. The van der Waals surface area contributed by atoms with Crippen molar-refractivity contribution in [1.82, 2.24) is 19.8 Å². The average Bonchev–Trinajstić information content (AvgIpc) is 3.41. The summed E-state index contributed by atoms with van der Waals surface area (Å²) < 4.78 is 7.31. The van der Waals surface area contributed by atoms with Crippen molar-refractivity contribution in [3.05, 3.63) is 48.4 Å². The van der Waals surface area contributed by atoms with Crippen LogP contribution in [-0.2, 0) is 32.3 Å². The number of hydrogen-bond acceptors (Lipinski definition) is 6. The molecule has 0 aliphatic carbocycles. The molecule has 1 unspecified atom stereocenters. The molecular formula is C24H34N6O4. The number of nitrogens with one attached hydrogen (secondary N) is 2. The summed E-state index contributed by atoms with van der Waals surface area (Å²) >= 11 is 0. The highest BCUT2D eigenvalue weighted by molar-refractivity contribution is 5.98. The van der Waals surface area contributed by atoms with Crippen molar-refractivity contribution < 1.29 is 19.1 Å². The first-order valence-corrected chi connectivity index (χ1v) is 11.4. The van der Waals surface area contributed by atoms with Crippen molar-refractivity contribution >= 4 is 23.5 Å². The van der Waals surface area contributed by atoms with E-state index in [2.05, 4.69) is 22.5 Å². The van der Waals surface area contributed by atoms with Crippen LogP contribution in [0.3, 0.4) is 0 Å². The molecule has 2 aromatic rings. The zero-order valence-corrected chi connectivity index (χ0v) is 20.0. The molecule has 0 spiro atoms. The van der Waals surface area contributed by atoms with Gasteiger partial charge in [-0.2, -0.15) is 0 Å². The van der Waals surface area contributed by atoms with Gasteiger partial charge >= 0.3 is 0 Å². The number of nitrogens with zero attached hydrogens (tertiary/aromatic N) is 3. The molecular weight excluding hydrogens is 436 g/mol. The van der Waals surface area contributed by atoms with Crippen molar-refractivity contribution in [2.24, 2.45) is 11.7 Å². The van der Waals surface area contributed by atoms with Crippen LogP contribution in [0.5, 0.6) is 0 Å². The van der Waals surface area contributed by atoms with E-state index in [0.717, 1.165) is 25.1 Å². The molecule has 2 heterocycles. The molecule has 1 fully saturated rings. The summed E-state index contributed by atoms with van der Waals surface area (Å²) in [5.74, 6) is -0.162. The number of anilines is 1. The summed E-state index contributed by atoms with van der Waals surface area (Å²) in [6.45, 7) is 7.16. The van der Waals surface area contributed by atoms with Crippen molar-refractivity contribution in [2.75, 3.05) is 25.0 Å². The second-order valence-corrected chi connectivity index (χ2v) is 9.40. The summed E-state index contributed by atoms with van der Waals surface area (Å²) in [7, 11) is 0. The Bertz CT molecular complexity index is 985. The SMILES string of the molecule is CC1CCN(C(=O)Cn2cnc(NC(=O)[C@@H](COCc3ccccc3)NC(=O)C(C)(C)N)c2)C1. The van der Waals surface area contributed by atoms with Crippen LogP contribution in [0.25, 0.3) is 0 Å². The lowest BCUT2D eigenvalue weighted by Gasteiger charge is -2.23. The van der Waals surface area contributed by atoms with Gasteiger partial charge in [0.1, 0.15) is 12.6 Å². The number of imidazole rings is 1. The van der Waals surface area contributed by atoms with Gasteiger partial charge in [-0.25, -0.2) is 4.98 Å². The standard InChI is InChI=1S/C24H34N6O4/c1-17-9-10-30(11-17)21(31)13-29-12-20(26-16-29)28-22(32)19(27-23(33)24(2,3)25)15-34-14-18-7-5-4-6-8-18/h4-8,12,16-17,19H,9-11,13-15,25H2,1-3H3,(H,27,33)(H,28,32)/t17?,19-/m1/s1. The van der Waals surface area contributed by atoms with Crippen LogP contribution in [0.1, 0.15) is 32.8 Å². The third-order valence-corrected chi connectivity index (χ3v) is 5.58. The summed E-state index contributed by atoms with van der Waals surface area (Å²) in [6.07, 6.45) is 4.09. The lowest BCUT2D eigenvalue weighted by atomic mass is 10.1. The van der Waals surface area contributed by atoms with Crippen molar-refractivity contribution in [1.29, 1.82) is 0 Å². The second-order valence-electron chi connectivity index (χ2n) is 9.40. The maximum Gasteiger partial charge on any atom is 0.250 e. The maximum absolute atomic E-state index is 12.9. The van der Waals surface area contributed by atoms with Crippen LogP contribution >= 0.6 is 0 Å². The normalized spacial score (nSPS) is 16.8. The minimum atomic E-state index is -1.16. The van der Waals surface area contributed by atoms with Crippen LogP contribution in [0.4, 0.5) is 5.82 Å². The molecule has 34 heavy (non-hydrogen) atoms. The molecule has 1 aromatic heterocycles. The zero-order chi connectivity index (χ0) is 24.7. The van der Waals surface area contributed by atoms with E-state index in [1.165, 1.54) is 6.33 Å². The first-order chi connectivity index (χ1) is 16.1. The lowest BCUT2D eigenvalue weighted by molar-refractivity contribution is -0.131. The minimum Gasteiger partial charge on any atom is -0.374 e. The zero-order valence-electron chi connectivity index (χ0n) is 20.0. The fourth-order valence-electron chi connectivity index (χ4n) is 3.54. The monoisotopic (exact) mass is 470 g/mol. The Kier molecular flexibility index (Phi) is 8.41. The topological polar surface area (TPSA) is 132 Å². The van der Waals surface area contributed by atoms with Gasteiger partial charge < -0.3 is 30.6 Å². The molecule has 3 amide bonds. The van der Waals surface area contributed by atoms with E-state index in [1.54, 1.807) is 24.6 Å². The van der Waals surface area contributed by atoms with E-state index in [1.807, 2.05) is 35.2 Å². The van der Waals surface area contributed by atoms with E-state index in [9.17, 15) is 14.4 Å². The number of carbonyl (C=O) groups is 3. The van der Waals surface area contributed by atoms with E-state index in [-0.39, 0.29) is 24.9 Å². The number of ether oxygens (including phenoxy) is 1. The highest BCUT2D eigenvalue weighted by Gasteiger charge is 2.29. The minimum absolute atomic E-state index is 0.0178. The number of likely N-dealkylation sites (tertiary alicyclic amines) is 1. The van der Waals surface area contributed by atoms with Crippen LogP contribution in [0.2, 0.25) is 0 Å². The third-order valence-electron chi connectivity index (χ3n) is 5.58. The first-order valence-electron chi connectivity index (χ1n) is 11.4. The van der Waals surface area contributed by atoms with Crippen LogP contribution in [-0.4, -0.2) is 63.4 Å². The molecule has 0 saturated carbocycles. The van der Waals surface area contributed by atoms with Gasteiger partial charge in [0, 0.05) is 19.3 Å². The molecule has 0 radical (unpaired) electrons. The van der Waals surface area contributed by atoms with Crippen molar-refractivity contribution in [3.63, 3.8) is 0 Å². The lowest BCUT2D eigenvalue weighted by Crippen LogP contribution is -2.56. The van der Waals surface area contributed by atoms with Gasteiger partial charge in [0.2, 0.25) is 11.8 Å². The van der Waals surface area contributed by atoms with Gasteiger partial charge in [0.25, 0.3) is 5.91 Å². The Balaban J connectivity index is 1.58. The Morgan fingerprint density at radius 2 is 2.00 bits per heavy atom. The van der Waals surface area contributed by atoms with Crippen LogP contribution < -0.4 is 16.4 Å². The Labute approximate surface area is 199 Å². The maximum atomic E-state index is 12.9. The van der Waals surface area contributed by atoms with Gasteiger partial charge in [-0.1, -0.05) is 37.3 Å². The number of benzene rings is 1. The molecule has 1 aliphatic heterocycles. The summed E-state index contributed by atoms with van der Waals surface area (Å²) in [5, 5.41) is 5.33. The Morgan fingerprint density at radius 1 is 1.26 bits per heavy atom. The fraction of sp³-hybridized carbons (Fsp3) is 0.500. The van der Waals surface area contributed by atoms with Gasteiger partial charge in [-0.3, -0.25) is 14.4 Å². The van der Waals surface area contributed by atoms with E-state index in [0.29, 0.717) is 12.5 Å². The van der Waals surface area contributed by atoms with Crippen molar-refractivity contribution in [2.45, 2.75) is 51.9 Å². The molecule has 10 heteroatoms. The number of aromatic nitrogens is 2. The van der Waals surface area contributed by atoms with Gasteiger partial charge in [0.05, 0.1) is 25.1 Å². The number of hydrogen-bond donors (Lipinski definition) is 3. The first kappa shape index (κ1) is 25.4. The van der Waals surface area contributed by atoms with Gasteiger partial charge in [0.15, 0.2) is 5.82 Å². The molecule has 1 aliphatic rings. The Morgan fingerprint density at radius 3 is 2.65 bits per heavy atom. The van der Waals surface area contributed by atoms with E-state index in [4.69, 9.17) is 10.5 Å². The third kappa shape index (κ3) is 7.39. The Hall–Kier alpha value is -3.24. The number of nitrogens with two attached hydrogens (primary N) is 1. The molecule has 10 nitrogen and oxygen atoms in total. The number of amides is 3. The average molecular weight is 471 g/mol. The number of rotatable bonds is 10. The molecule has 1 aromatic carbocycles. The molecule has 4 N–H and O–H groups in total. The van der Waals surface area contributed by atoms with Crippen LogP contribution in [0.15, 0.2) is 42.9 Å². The highest BCUT2D eigenvalue weighted by Crippen LogP contribution is 2.16. The van der Waals surface area contributed by atoms with E-state index < -0.39 is 23.4 Å². The van der Waals surface area contributed by atoms with Crippen molar-refractivity contribution in [3.8, 4) is 0 Å². The van der Waals surface area contributed by atoms with Crippen LogP contribution in [0, 0.1) is 5.92 Å². The van der Waals surface area contributed by atoms with Gasteiger partial charge in [-0.15, -0.1) is 0 Å². The highest BCUT2D eigenvalue weighted by atomic mass is 16.5. The predicted molar refractivity (Wildman–Crippen MR) is 128 cm³/mol. The largest absolute Gasteiger partial charge is 0.374 e. The molecule has 2 atom stereocenters. The summed E-state index contributed by atoms with van der Waals surface area (Å²) in [4.78, 5) is 43.8. The molecule has 0 bridgehead atoms. The fourth-order valence-corrected chi connectivity index (χ4v) is 3.54. The smallest absolute Gasteiger partial charge is 0.250 e. The number of carbonyl (C=O) groups excluding carboxylic acids is 3. The molecule has 3 rings (SSSR count). The molecule has 1 saturated heterocycles. The summed E-state index contributed by atoms with van der Waals surface area (Å²) in [5.41, 5.74) is 5.66. The quantitative estimate of drug-likeness (QED) is 0.477. The van der Waals surface area contributed by atoms with E-state index >= 15 is 0 Å². The second kappa shape index (κ2) is 11.3.